The molecule has 1 fully saturated rings. The summed E-state index contributed by atoms with van der Waals surface area (Å²) >= 11 is 1.58. The Hall–Kier alpha value is -2.51. The third kappa shape index (κ3) is 4.43. The lowest BCUT2D eigenvalue weighted by atomic mass is 9.96. The second-order valence-electron chi connectivity index (χ2n) is 7.04. The molecule has 0 spiro atoms. The number of likely N-dealkylation sites (tertiary alicyclic amines) is 1. The summed E-state index contributed by atoms with van der Waals surface area (Å²) in [5.74, 6) is 0.126. The molecule has 0 radical (unpaired) electrons. The van der Waals surface area contributed by atoms with Crippen molar-refractivity contribution in [3.05, 3.63) is 53.1 Å². The van der Waals surface area contributed by atoms with Crippen molar-refractivity contribution in [1.82, 2.24) is 19.7 Å². The van der Waals surface area contributed by atoms with Gasteiger partial charge in [0, 0.05) is 48.5 Å². The molecule has 0 aliphatic carbocycles. The van der Waals surface area contributed by atoms with Gasteiger partial charge in [0.1, 0.15) is 0 Å². The van der Waals surface area contributed by atoms with Crippen LogP contribution in [0.15, 0.2) is 47.5 Å². The Labute approximate surface area is 162 Å². The van der Waals surface area contributed by atoms with Gasteiger partial charge in [0.05, 0.1) is 23.3 Å². The van der Waals surface area contributed by atoms with Crippen LogP contribution in [0.5, 0.6) is 0 Å². The Morgan fingerprint density at radius 2 is 2.19 bits per heavy atom. The summed E-state index contributed by atoms with van der Waals surface area (Å²) in [6, 6.07) is 7.89. The number of hydrogen-bond donors (Lipinski definition) is 1. The van der Waals surface area contributed by atoms with Gasteiger partial charge in [0.15, 0.2) is 0 Å². The third-order valence-electron chi connectivity index (χ3n) is 4.92. The normalized spacial score (nSPS) is 17.7. The van der Waals surface area contributed by atoms with Gasteiger partial charge in [0.25, 0.3) is 0 Å². The molecule has 2 aromatic heterocycles. The quantitative estimate of drug-likeness (QED) is 0.736. The first-order chi connectivity index (χ1) is 13.2. The maximum absolute atomic E-state index is 12.7. The molecule has 4 rings (SSSR count). The number of aromatic nitrogens is 3. The Morgan fingerprint density at radius 1 is 1.33 bits per heavy atom. The predicted octanol–water partition coefficient (Wildman–Crippen LogP) is 3.39. The van der Waals surface area contributed by atoms with Crippen LogP contribution in [0.4, 0.5) is 5.69 Å². The number of nitrogens with one attached hydrogen (secondary N) is 1. The van der Waals surface area contributed by atoms with Crippen LogP contribution >= 0.6 is 11.3 Å². The molecule has 1 aliphatic rings. The van der Waals surface area contributed by atoms with Crippen molar-refractivity contribution < 1.29 is 4.79 Å². The third-order valence-corrected chi connectivity index (χ3v) is 5.51. The molecule has 3 heterocycles. The first-order valence-electron chi connectivity index (χ1n) is 9.17. The van der Waals surface area contributed by atoms with Gasteiger partial charge >= 0.3 is 0 Å². The van der Waals surface area contributed by atoms with Crippen molar-refractivity contribution in [1.29, 1.82) is 0 Å². The van der Waals surface area contributed by atoms with Crippen LogP contribution in [0.1, 0.15) is 18.4 Å². The zero-order valence-corrected chi connectivity index (χ0v) is 16.2. The van der Waals surface area contributed by atoms with E-state index in [-0.39, 0.29) is 11.8 Å². The van der Waals surface area contributed by atoms with Crippen molar-refractivity contribution in [2.24, 2.45) is 13.0 Å². The maximum atomic E-state index is 12.7. The molecule has 1 N–H and O–H groups in total. The molecule has 0 bridgehead atoms. The fourth-order valence-electron chi connectivity index (χ4n) is 3.55. The van der Waals surface area contributed by atoms with Gasteiger partial charge in [-0.05, 0) is 31.5 Å². The topological polar surface area (TPSA) is 63.1 Å². The Morgan fingerprint density at radius 3 is 2.89 bits per heavy atom. The Bertz CT molecular complexity index is 888. The molecular formula is C20H23N5OS. The summed E-state index contributed by atoms with van der Waals surface area (Å²) in [6.07, 6.45) is 5.91. The second-order valence-corrected chi connectivity index (χ2v) is 7.76. The lowest BCUT2D eigenvalue weighted by Gasteiger charge is -2.31. The Balaban J connectivity index is 1.34. The number of benzene rings is 1. The fourth-order valence-corrected chi connectivity index (χ4v) is 4.11. The highest BCUT2D eigenvalue weighted by Crippen LogP contribution is 2.23. The molecule has 6 nitrogen and oxygen atoms in total. The van der Waals surface area contributed by atoms with E-state index in [0.29, 0.717) is 0 Å². The van der Waals surface area contributed by atoms with Crippen LogP contribution in [0.25, 0.3) is 11.3 Å². The average molecular weight is 382 g/mol. The van der Waals surface area contributed by atoms with E-state index in [1.165, 1.54) is 5.56 Å². The van der Waals surface area contributed by atoms with Crippen LogP contribution in [-0.2, 0) is 18.4 Å². The summed E-state index contributed by atoms with van der Waals surface area (Å²) in [5.41, 5.74) is 5.89. The molecule has 140 valence electrons. The maximum Gasteiger partial charge on any atom is 0.228 e. The van der Waals surface area contributed by atoms with E-state index in [9.17, 15) is 4.79 Å². The smallest absolute Gasteiger partial charge is 0.228 e. The summed E-state index contributed by atoms with van der Waals surface area (Å²) < 4.78 is 1.82. The first kappa shape index (κ1) is 17.9. The highest BCUT2D eigenvalue weighted by atomic mass is 32.1. The lowest BCUT2D eigenvalue weighted by molar-refractivity contribution is -0.121. The van der Waals surface area contributed by atoms with Gasteiger partial charge in [-0.2, -0.15) is 5.10 Å². The number of nitrogens with zero attached hydrogens (tertiary/aromatic N) is 4. The lowest BCUT2D eigenvalue weighted by Crippen LogP contribution is -2.40. The van der Waals surface area contributed by atoms with Crippen molar-refractivity contribution in [3.63, 3.8) is 0 Å². The average Bonchev–Trinajstić information content (AvgIpc) is 3.35. The molecular weight excluding hydrogens is 358 g/mol. The summed E-state index contributed by atoms with van der Waals surface area (Å²) in [4.78, 5) is 19.4. The van der Waals surface area contributed by atoms with Gasteiger partial charge < -0.3 is 5.32 Å². The van der Waals surface area contributed by atoms with E-state index in [4.69, 9.17) is 0 Å². The van der Waals surface area contributed by atoms with E-state index >= 15 is 0 Å². The van der Waals surface area contributed by atoms with E-state index < -0.39 is 0 Å². The van der Waals surface area contributed by atoms with Gasteiger partial charge in [0.2, 0.25) is 5.91 Å². The van der Waals surface area contributed by atoms with Gasteiger partial charge in [-0.1, -0.05) is 12.1 Å². The number of piperidine rings is 1. The molecule has 1 saturated heterocycles. The molecule has 1 unspecified atom stereocenters. The molecule has 1 aromatic carbocycles. The largest absolute Gasteiger partial charge is 0.326 e. The minimum atomic E-state index is 0.0219. The molecule has 7 heteroatoms. The van der Waals surface area contributed by atoms with Crippen LogP contribution < -0.4 is 5.32 Å². The molecule has 1 aliphatic heterocycles. The zero-order valence-electron chi connectivity index (χ0n) is 15.3. The number of hydrogen-bond acceptors (Lipinski definition) is 5. The summed E-state index contributed by atoms with van der Waals surface area (Å²) in [7, 11) is 1.93. The molecule has 0 saturated carbocycles. The van der Waals surface area contributed by atoms with E-state index in [1.807, 2.05) is 59.3 Å². The van der Waals surface area contributed by atoms with Crippen molar-refractivity contribution in [3.8, 4) is 11.3 Å². The summed E-state index contributed by atoms with van der Waals surface area (Å²) in [6.45, 7) is 2.67. The Kier molecular flexibility index (Phi) is 5.31. The number of carbonyl (C=O) groups is 1. The number of aryl methyl sites for hydroxylation is 1. The minimum absolute atomic E-state index is 0.0219. The van der Waals surface area contributed by atoms with Gasteiger partial charge in [-0.3, -0.25) is 14.4 Å². The van der Waals surface area contributed by atoms with Crippen molar-refractivity contribution in [2.45, 2.75) is 19.4 Å². The van der Waals surface area contributed by atoms with E-state index in [0.717, 1.165) is 49.4 Å². The number of thiazole rings is 1. The van der Waals surface area contributed by atoms with Crippen LogP contribution in [0.2, 0.25) is 0 Å². The fraction of sp³-hybridized carbons (Fsp3) is 0.350. The van der Waals surface area contributed by atoms with Crippen LogP contribution in [0, 0.1) is 5.92 Å². The van der Waals surface area contributed by atoms with E-state index in [1.54, 1.807) is 11.3 Å². The van der Waals surface area contributed by atoms with Gasteiger partial charge in [-0.15, -0.1) is 11.3 Å². The standard InChI is InChI=1S/C20H23N5OS/c1-24-10-15(9-22-24)11-25-8-2-3-17(12-25)20(26)23-18-6-4-16(5-7-18)19-13-27-14-21-19/h4-7,9-10,13-14,17H,2-3,8,11-12H2,1H3,(H,23,26). The second kappa shape index (κ2) is 8.02. The van der Waals surface area contributed by atoms with Crippen LogP contribution in [0.3, 0.4) is 0 Å². The zero-order chi connectivity index (χ0) is 18.6. The SMILES string of the molecule is Cn1cc(CN2CCCC(C(=O)Nc3ccc(-c4cscn4)cc3)C2)cn1. The first-order valence-corrected chi connectivity index (χ1v) is 10.1. The minimum Gasteiger partial charge on any atom is -0.326 e. The number of carbonyl (C=O) groups excluding carboxylic acids is 1. The molecule has 1 amide bonds. The van der Waals surface area contributed by atoms with E-state index in [2.05, 4.69) is 20.3 Å². The molecule has 27 heavy (non-hydrogen) atoms. The number of rotatable bonds is 5. The summed E-state index contributed by atoms with van der Waals surface area (Å²) in [5, 5.41) is 9.32. The highest BCUT2D eigenvalue weighted by Gasteiger charge is 2.26. The van der Waals surface area contributed by atoms with Gasteiger partial charge in [-0.25, -0.2) is 4.98 Å². The number of anilines is 1. The number of amides is 1. The molecule has 3 aromatic rings. The monoisotopic (exact) mass is 381 g/mol. The molecule has 1 atom stereocenters. The van der Waals surface area contributed by atoms with Crippen molar-refractivity contribution >= 4 is 22.9 Å². The van der Waals surface area contributed by atoms with Crippen molar-refractivity contribution in [2.75, 3.05) is 18.4 Å². The highest BCUT2D eigenvalue weighted by molar-refractivity contribution is 7.07. The predicted molar refractivity (Wildman–Crippen MR) is 107 cm³/mol. The van der Waals surface area contributed by atoms with Crippen LogP contribution in [-0.4, -0.2) is 38.7 Å².